The van der Waals surface area contributed by atoms with E-state index >= 15 is 0 Å². The third-order valence-electron chi connectivity index (χ3n) is 4.26. The Balaban J connectivity index is 1.68. The van der Waals surface area contributed by atoms with Crippen molar-refractivity contribution in [1.82, 2.24) is 15.1 Å². The largest absolute Gasteiger partial charge is 0.313 e. The van der Waals surface area contributed by atoms with E-state index in [1.54, 1.807) is 0 Å². The van der Waals surface area contributed by atoms with Crippen LogP contribution in [0, 0.1) is 0 Å². The van der Waals surface area contributed by atoms with Crippen LogP contribution < -0.4 is 5.32 Å². The summed E-state index contributed by atoms with van der Waals surface area (Å²) in [4.78, 5) is 5.28. The molecular weight excluding hydrogens is 198 g/mol. The molecule has 2 aliphatic heterocycles. The van der Waals surface area contributed by atoms with Crippen molar-refractivity contribution in [2.75, 3.05) is 39.3 Å². The number of rotatable bonds is 4. The summed E-state index contributed by atoms with van der Waals surface area (Å²) in [6.07, 6.45) is 4.03. The zero-order valence-electron chi connectivity index (χ0n) is 10.9. The topological polar surface area (TPSA) is 18.5 Å². The fourth-order valence-corrected chi connectivity index (χ4v) is 2.87. The molecule has 0 aromatic carbocycles. The molecule has 0 aliphatic carbocycles. The molecule has 0 aromatic rings. The minimum Gasteiger partial charge on any atom is -0.313 e. The number of nitrogens with zero attached hydrogens (tertiary/aromatic N) is 2. The number of nitrogens with one attached hydrogen (secondary N) is 1. The standard InChI is InChI=1S/C13H27N3/c1-3-12(2)16-9-7-15(8-10-16)11-13-5-4-6-14-13/h12-14H,3-11H2,1-2H3/t12?,13-/m1/s1. The summed E-state index contributed by atoms with van der Waals surface area (Å²) in [6, 6.07) is 1.54. The second-order valence-electron chi connectivity index (χ2n) is 5.39. The first-order valence-electron chi connectivity index (χ1n) is 6.99. The maximum Gasteiger partial charge on any atom is 0.0195 e. The van der Waals surface area contributed by atoms with Gasteiger partial charge in [0, 0.05) is 44.8 Å². The van der Waals surface area contributed by atoms with Gasteiger partial charge in [-0.15, -0.1) is 0 Å². The molecule has 2 rings (SSSR count). The highest BCUT2D eigenvalue weighted by Crippen LogP contribution is 2.11. The van der Waals surface area contributed by atoms with Gasteiger partial charge in [-0.2, -0.15) is 0 Å². The third-order valence-corrected chi connectivity index (χ3v) is 4.26. The van der Waals surface area contributed by atoms with E-state index in [0.29, 0.717) is 0 Å². The first kappa shape index (κ1) is 12.3. The number of piperazine rings is 1. The van der Waals surface area contributed by atoms with Crippen molar-refractivity contribution < 1.29 is 0 Å². The van der Waals surface area contributed by atoms with Crippen LogP contribution in [0.25, 0.3) is 0 Å². The monoisotopic (exact) mass is 225 g/mol. The van der Waals surface area contributed by atoms with Crippen molar-refractivity contribution in [1.29, 1.82) is 0 Å². The lowest BCUT2D eigenvalue weighted by Gasteiger charge is -2.38. The fourth-order valence-electron chi connectivity index (χ4n) is 2.87. The maximum atomic E-state index is 3.59. The quantitative estimate of drug-likeness (QED) is 0.774. The summed E-state index contributed by atoms with van der Waals surface area (Å²) in [7, 11) is 0. The van der Waals surface area contributed by atoms with Crippen molar-refractivity contribution in [2.45, 2.75) is 45.2 Å². The average Bonchev–Trinajstić information content (AvgIpc) is 2.82. The van der Waals surface area contributed by atoms with E-state index in [9.17, 15) is 0 Å². The van der Waals surface area contributed by atoms with Crippen molar-refractivity contribution in [3.05, 3.63) is 0 Å². The Labute approximate surface area is 100 Å². The molecule has 3 heteroatoms. The molecule has 0 aromatic heterocycles. The van der Waals surface area contributed by atoms with Crippen molar-refractivity contribution >= 4 is 0 Å². The molecule has 2 heterocycles. The highest BCUT2D eigenvalue weighted by Gasteiger charge is 2.23. The van der Waals surface area contributed by atoms with Gasteiger partial charge in [-0.1, -0.05) is 6.92 Å². The molecule has 2 saturated heterocycles. The predicted molar refractivity (Wildman–Crippen MR) is 68.8 cm³/mol. The summed E-state index contributed by atoms with van der Waals surface area (Å²) in [5.41, 5.74) is 0. The Morgan fingerprint density at radius 3 is 2.56 bits per heavy atom. The molecule has 0 spiro atoms. The van der Waals surface area contributed by atoms with Gasteiger partial charge in [-0.3, -0.25) is 9.80 Å². The fraction of sp³-hybridized carbons (Fsp3) is 1.00. The first-order chi connectivity index (χ1) is 7.79. The molecule has 94 valence electrons. The first-order valence-corrected chi connectivity index (χ1v) is 6.99. The zero-order valence-corrected chi connectivity index (χ0v) is 10.9. The van der Waals surface area contributed by atoms with E-state index in [-0.39, 0.29) is 0 Å². The maximum absolute atomic E-state index is 3.59. The molecule has 2 aliphatic rings. The van der Waals surface area contributed by atoms with Crippen LogP contribution in [-0.4, -0.2) is 61.2 Å². The molecule has 3 nitrogen and oxygen atoms in total. The van der Waals surface area contributed by atoms with Gasteiger partial charge in [0.25, 0.3) is 0 Å². The minimum absolute atomic E-state index is 0.770. The van der Waals surface area contributed by atoms with E-state index < -0.39 is 0 Å². The summed E-state index contributed by atoms with van der Waals surface area (Å²) in [6.45, 7) is 12.2. The lowest BCUT2D eigenvalue weighted by molar-refractivity contribution is 0.0954. The van der Waals surface area contributed by atoms with Gasteiger partial charge in [0.1, 0.15) is 0 Å². The van der Waals surface area contributed by atoms with Gasteiger partial charge in [-0.25, -0.2) is 0 Å². The number of hydrogen-bond donors (Lipinski definition) is 1. The Morgan fingerprint density at radius 1 is 1.25 bits per heavy atom. The Hall–Kier alpha value is -0.120. The van der Waals surface area contributed by atoms with Gasteiger partial charge in [0.2, 0.25) is 0 Å². The molecule has 0 amide bonds. The van der Waals surface area contributed by atoms with E-state index in [4.69, 9.17) is 0 Å². The van der Waals surface area contributed by atoms with Gasteiger partial charge in [0.15, 0.2) is 0 Å². The summed E-state index contributed by atoms with van der Waals surface area (Å²) in [5, 5.41) is 3.59. The van der Waals surface area contributed by atoms with E-state index in [1.807, 2.05) is 0 Å². The van der Waals surface area contributed by atoms with E-state index in [1.165, 1.54) is 58.5 Å². The van der Waals surface area contributed by atoms with Gasteiger partial charge < -0.3 is 5.32 Å². The van der Waals surface area contributed by atoms with Crippen LogP contribution in [0.2, 0.25) is 0 Å². The average molecular weight is 225 g/mol. The lowest BCUT2D eigenvalue weighted by atomic mass is 10.1. The van der Waals surface area contributed by atoms with Gasteiger partial charge >= 0.3 is 0 Å². The van der Waals surface area contributed by atoms with E-state index in [0.717, 1.165) is 12.1 Å². The van der Waals surface area contributed by atoms with Crippen LogP contribution in [0.3, 0.4) is 0 Å². The molecule has 0 saturated carbocycles. The zero-order chi connectivity index (χ0) is 11.4. The van der Waals surface area contributed by atoms with E-state index in [2.05, 4.69) is 29.0 Å². The highest BCUT2D eigenvalue weighted by atomic mass is 15.3. The normalized spacial score (nSPS) is 30.8. The van der Waals surface area contributed by atoms with Crippen LogP contribution >= 0.6 is 0 Å². The van der Waals surface area contributed by atoms with Gasteiger partial charge in [-0.05, 0) is 32.7 Å². The lowest BCUT2D eigenvalue weighted by Crippen LogP contribution is -2.51. The SMILES string of the molecule is CCC(C)N1CCN(C[C@H]2CCCN2)CC1. The van der Waals surface area contributed by atoms with Gasteiger partial charge in [0.05, 0.1) is 0 Å². The highest BCUT2D eigenvalue weighted by molar-refractivity contribution is 4.82. The molecule has 16 heavy (non-hydrogen) atoms. The van der Waals surface area contributed by atoms with Crippen molar-refractivity contribution in [3.63, 3.8) is 0 Å². The Bertz CT molecular complexity index is 193. The summed E-state index contributed by atoms with van der Waals surface area (Å²) < 4.78 is 0. The molecule has 0 radical (unpaired) electrons. The minimum atomic E-state index is 0.770. The molecule has 1 N–H and O–H groups in total. The molecular formula is C13H27N3. The van der Waals surface area contributed by atoms with Crippen LogP contribution in [-0.2, 0) is 0 Å². The Morgan fingerprint density at radius 2 is 2.00 bits per heavy atom. The second-order valence-corrected chi connectivity index (χ2v) is 5.39. The second kappa shape index (κ2) is 5.99. The predicted octanol–water partition coefficient (Wildman–Crippen LogP) is 1.15. The molecule has 1 unspecified atom stereocenters. The van der Waals surface area contributed by atoms with Crippen LogP contribution in [0.4, 0.5) is 0 Å². The van der Waals surface area contributed by atoms with Crippen LogP contribution in [0.15, 0.2) is 0 Å². The third kappa shape index (κ3) is 3.19. The smallest absolute Gasteiger partial charge is 0.0195 e. The number of hydrogen-bond acceptors (Lipinski definition) is 3. The molecule has 0 bridgehead atoms. The van der Waals surface area contributed by atoms with Crippen molar-refractivity contribution in [2.24, 2.45) is 0 Å². The molecule has 2 atom stereocenters. The van der Waals surface area contributed by atoms with Crippen molar-refractivity contribution in [3.8, 4) is 0 Å². The summed E-state index contributed by atoms with van der Waals surface area (Å²) >= 11 is 0. The van der Waals surface area contributed by atoms with Crippen LogP contribution in [0.5, 0.6) is 0 Å². The molecule has 2 fully saturated rings. The summed E-state index contributed by atoms with van der Waals surface area (Å²) in [5.74, 6) is 0. The Kier molecular flexibility index (Phi) is 4.62. The van der Waals surface area contributed by atoms with Crippen LogP contribution in [0.1, 0.15) is 33.1 Å².